The second-order valence-electron chi connectivity index (χ2n) is 4.23. The number of nitrogens with zero attached hydrogens (tertiary/aromatic N) is 1. The molecule has 0 saturated heterocycles. The Hall–Kier alpha value is -1.31. The van der Waals surface area contributed by atoms with Gasteiger partial charge in [-0.3, -0.25) is 4.99 Å². The number of aliphatic imine (C=N–C) groups is 1. The molecule has 82 valence electrons. The van der Waals surface area contributed by atoms with Gasteiger partial charge in [-0.25, -0.2) is 0 Å². The Balaban J connectivity index is 2.57. The molecule has 0 saturated carbocycles. The van der Waals surface area contributed by atoms with Crippen LogP contribution in [0.3, 0.4) is 0 Å². The Morgan fingerprint density at radius 2 is 1.80 bits per heavy atom. The van der Waals surface area contributed by atoms with Crippen LogP contribution in [0.2, 0.25) is 0 Å². The van der Waals surface area contributed by atoms with Crippen molar-refractivity contribution in [3.05, 3.63) is 35.9 Å². The van der Waals surface area contributed by atoms with Gasteiger partial charge in [0.25, 0.3) is 0 Å². The first-order chi connectivity index (χ1) is 7.11. The van der Waals surface area contributed by atoms with Gasteiger partial charge in [-0.05, 0) is 5.56 Å². The van der Waals surface area contributed by atoms with E-state index in [0.717, 1.165) is 12.4 Å². The summed E-state index contributed by atoms with van der Waals surface area (Å²) in [6, 6.07) is 10.4. The summed E-state index contributed by atoms with van der Waals surface area (Å²) in [5.41, 5.74) is 7.11. The van der Waals surface area contributed by atoms with Crippen molar-refractivity contribution in [1.82, 2.24) is 0 Å². The van der Waals surface area contributed by atoms with Crippen molar-refractivity contribution < 1.29 is 0 Å². The number of benzene rings is 1. The van der Waals surface area contributed by atoms with Gasteiger partial charge in [0.2, 0.25) is 0 Å². The number of nitrogens with two attached hydrogens (primary N) is 1. The SMILES string of the molecule is CC(C)C(N)=NCC(C)c1ccccc1. The van der Waals surface area contributed by atoms with E-state index in [4.69, 9.17) is 5.73 Å². The second kappa shape index (κ2) is 5.54. The average molecular weight is 204 g/mol. The van der Waals surface area contributed by atoms with E-state index < -0.39 is 0 Å². The molecule has 0 fully saturated rings. The molecule has 1 aromatic carbocycles. The summed E-state index contributed by atoms with van der Waals surface area (Å²) in [5, 5.41) is 0. The number of hydrogen-bond acceptors (Lipinski definition) is 1. The molecule has 1 unspecified atom stereocenters. The van der Waals surface area contributed by atoms with Crippen LogP contribution in [-0.4, -0.2) is 12.4 Å². The van der Waals surface area contributed by atoms with Gasteiger partial charge in [-0.15, -0.1) is 0 Å². The van der Waals surface area contributed by atoms with E-state index in [2.05, 4.69) is 50.0 Å². The Labute approximate surface area is 92.2 Å². The number of amidine groups is 1. The number of rotatable bonds is 4. The summed E-state index contributed by atoms with van der Waals surface area (Å²) < 4.78 is 0. The predicted octanol–water partition coefficient (Wildman–Crippen LogP) is 2.80. The zero-order valence-electron chi connectivity index (χ0n) is 9.77. The highest BCUT2D eigenvalue weighted by atomic mass is 14.9. The fourth-order valence-electron chi connectivity index (χ4n) is 1.31. The Morgan fingerprint density at radius 3 is 2.33 bits per heavy atom. The Bertz CT molecular complexity index is 315. The second-order valence-corrected chi connectivity index (χ2v) is 4.23. The zero-order chi connectivity index (χ0) is 11.3. The van der Waals surface area contributed by atoms with Crippen LogP contribution in [0.4, 0.5) is 0 Å². The van der Waals surface area contributed by atoms with Crippen molar-refractivity contribution >= 4 is 5.84 Å². The molecule has 2 nitrogen and oxygen atoms in total. The van der Waals surface area contributed by atoms with Crippen molar-refractivity contribution in [3.8, 4) is 0 Å². The Kier molecular flexibility index (Phi) is 4.35. The van der Waals surface area contributed by atoms with E-state index in [9.17, 15) is 0 Å². The van der Waals surface area contributed by atoms with E-state index in [1.165, 1.54) is 5.56 Å². The van der Waals surface area contributed by atoms with Gasteiger partial charge < -0.3 is 5.73 Å². The van der Waals surface area contributed by atoms with E-state index in [-0.39, 0.29) is 0 Å². The largest absolute Gasteiger partial charge is 0.387 e. The molecule has 1 aromatic rings. The molecule has 0 aliphatic carbocycles. The van der Waals surface area contributed by atoms with Gasteiger partial charge in [-0.2, -0.15) is 0 Å². The lowest BCUT2D eigenvalue weighted by atomic mass is 10.0. The minimum absolute atomic E-state index is 0.341. The topological polar surface area (TPSA) is 38.4 Å². The molecule has 0 heterocycles. The van der Waals surface area contributed by atoms with Gasteiger partial charge in [0.1, 0.15) is 0 Å². The molecule has 0 aliphatic heterocycles. The van der Waals surface area contributed by atoms with Crippen LogP contribution in [0.5, 0.6) is 0 Å². The molecular weight excluding hydrogens is 184 g/mol. The third-order valence-electron chi connectivity index (χ3n) is 2.51. The van der Waals surface area contributed by atoms with Crippen molar-refractivity contribution in [2.45, 2.75) is 26.7 Å². The smallest absolute Gasteiger partial charge is 0.0963 e. The predicted molar refractivity (Wildman–Crippen MR) is 66.2 cm³/mol. The van der Waals surface area contributed by atoms with E-state index >= 15 is 0 Å². The number of hydrogen-bond donors (Lipinski definition) is 1. The molecule has 1 rings (SSSR count). The summed E-state index contributed by atoms with van der Waals surface area (Å²) in [6.45, 7) is 7.07. The standard InChI is InChI=1S/C13H20N2/c1-10(2)13(14)15-9-11(3)12-7-5-4-6-8-12/h4-8,10-11H,9H2,1-3H3,(H2,14,15). The minimum atomic E-state index is 0.341. The summed E-state index contributed by atoms with van der Waals surface area (Å²) in [7, 11) is 0. The molecular formula is C13H20N2. The van der Waals surface area contributed by atoms with Crippen molar-refractivity contribution in [2.75, 3.05) is 6.54 Å². The maximum atomic E-state index is 5.79. The third kappa shape index (κ3) is 3.74. The molecule has 0 radical (unpaired) electrons. The molecule has 0 spiro atoms. The first kappa shape index (κ1) is 11.8. The van der Waals surface area contributed by atoms with Gasteiger partial charge in [0, 0.05) is 18.4 Å². The fourth-order valence-corrected chi connectivity index (χ4v) is 1.31. The summed E-state index contributed by atoms with van der Waals surface area (Å²) in [4.78, 5) is 4.39. The van der Waals surface area contributed by atoms with Crippen LogP contribution >= 0.6 is 0 Å². The van der Waals surface area contributed by atoms with Crippen LogP contribution < -0.4 is 5.73 Å². The average Bonchev–Trinajstić information content (AvgIpc) is 2.26. The highest BCUT2D eigenvalue weighted by Crippen LogP contribution is 2.14. The molecule has 0 aliphatic rings. The fraction of sp³-hybridized carbons (Fsp3) is 0.462. The van der Waals surface area contributed by atoms with Crippen LogP contribution in [-0.2, 0) is 0 Å². The van der Waals surface area contributed by atoms with Crippen molar-refractivity contribution in [2.24, 2.45) is 16.6 Å². The molecule has 15 heavy (non-hydrogen) atoms. The lowest BCUT2D eigenvalue weighted by Crippen LogP contribution is -2.19. The third-order valence-corrected chi connectivity index (χ3v) is 2.51. The molecule has 2 heteroatoms. The van der Waals surface area contributed by atoms with E-state index in [1.54, 1.807) is 0 Å². The lowest BCUT2D eigenvalue weighted by molar-refractivity contribution is 0.759. The van der Waals surface area contributed by atoms with Gasteiger partial charge in [0.05, 0.1) is 5.84 Å². The summed E-state index contributed by atoms with van der Waals surface area (Å²) in [5.74, 6) is 1.52. The van der Waals surface area contributed by atoms with Crippen LogP contribution in [0, 0.1) is 5.92 Å². The first-order valence-electron chi connectivity index (χ1n) is 5.46. The normalized spacial score (nSPS) is 14.3. The van der Waals surface area contributed by atoms with Crippen molar-refractivity contribution in [1.29, 1.82) is 0 Å². The summed E-state index contributed by atoms with van der Waals surface area (Å²) in [6.07, 6.45) is 0. The maximum absolute atomic E-state index is 5.79. The first-order valence-corrected chi connectivity index (χ1v) is 5.46. The minimum Gasteiger partial charge on any atom is -0.387 e. The quantitative estimate of drug-likeness (QED) is 0.594. The molecule has 1 atom stereocenters. The lowest BCUT2D eigenvalue weighted by Gasteiger charge is -2.10. The highest BCUT2D eigenvalue weighted by Gasteiger charge is 2.04. The van der Waals surface area contributed by atoms with Crippen LogP contribution in [0.25, 0.3) is 0 Å². The van der Waals surface area contributed by atoms with E-state index in [0.29, 0.717) is 11.8 Å². The van der Waals surface area contributed by atoms with E-state index in [1.807, 2.05) is 6.07 Å². The molecule has 0 amide bonds. The Morgan fingerprint density at radius 1 is 1.20 bits per heavy atom. The van der Waals surface area contributed by atoms with Crippen LogP contribution in [0.1, 0.15) is 32.3 Å². The van der Waals surface area contributed by atoms with Gasteiger partial charge in [-0.1, -0.05) is 51.1 Å². The van der Waals surface area contributed by atoms with Gasteiger partial charge in [0.15, 0.2) is 0 Å². The molecule has 0 aromatic heterocycles. The van der Waals surface area contributed by atoms with Crippen molar-refractivity contribution in [3.63, 3.8) is 0 Å². The summed E-state index contributed by atoms with van der Waals surface area (Å²) >= 11 is 0. The van der Waals surface area contributed by atoms with Crippen LogP contribution in [0.15, 0.2) is 35.3 Å². The highest BCUT2D eigenvalue weighted by molar-refractivity contribution is 5.82. The monoisotopic (exact) mass is 204 g/mol. The zero-order valence-corrected chi connectivity index (χ0v) is 9.77. The maximum Gasteiger partial charge on any atom is 0.0963 e. The molecule has 0 bridgehead atoms. The molecule has 2 N–H and O–H groups in total. The van der Waals surface area contributed by atoms with Gasteiger partial charge >= 0.3 is 0 Å².